The van der Waals surface area contributed by atoms with Crippen molar-refractivity contribution in [2.75, 3.05) is 6.54 Å². The predicted octanol–water partition coefficient (Wildman–Crippen LogP) is 4.42. The number of alkyl halides is 4. The number of hydrogen-bond donors (Lipinski definition) is 1. The Morgan fingerprint density at radius 2 is 1.82 bits per heavy atom. The summed E-state index contributed by atoms with van der Waals surface area (Å²) in [6.07, 6.45) is -3.61. The summed E-state index contributed by atoms with van der Waals surface area (Å²) in [7, 11) is -4.53. The van der Waals surface area contributed by atoms with Crippen LogP contribution in [0.3, 0.4) is 0 Å². The first kappa shape index (κ1) is 28.5. The smallest absolute Gasteiger partial charge is 0.349 e. The summed E-state index contributed by atoms with van der Waals surface area (Å²) in [5.74, 6) is -3.50. The lowest BCUT2D eigenvalue weighted by molar-refractivity contribution is -0.141. The van der Waals surface area contributed by atoms with Gasteiger partial charge in [-0.25, -0.2) is 21.6 Å². The SMILES string of the molecule is CCc1cnc(CNC(=O)C2CC(F)CN2S(=O)(=O)c2ccc(F)c(F)c2)cc1-c1ccc(C(F)(F)F)nc1. The van der Waals surface area contributed by atoms with Crippen LogP contribution in [0.5, 0.6) is 0 Å². The Hall–Kier alpha value is -3.52. The molecule has 0 saturated carbocycles. The molecule has 1 fully saturated rings. The van der Waals surface area contributed by atoms with Crippen LogP contribution in [0.4, 0.5) is 26.3 Å². The lowest BCUT2D eigenvalue weighted by Crippen LogP contribution is -2.45. The standard InChI is InChI=1S/C25H22F6N4O3S/c1-2-14-10-32-17(8-19(14)15-3-6-23(33-11-15)25(29,30)31)12-34-24(36)22-7-16(26)13-35(22)39(37,38)18-4-5-20(27)21(28)9-18/h3-6,8-11,16,22H,2,7,12-13H2,1H3,(H,34,36). The van der Waals surface area contributed by atoms with Crippen LogP contribution in [0.1, 0.15) is 30.3 Å². The number of nitrogens with zero attached hydrogens (tertiary/aromatic N) is 3. The van der Waals surface area contributed by atoms with Crippen LogP contribution in [0, 0.1) is 11.6 Å². The molecule has 1 aliphatic rings. The van der Waals surface area contributed by atoms with Gasteiger partial charge in [-0.3, -0.25) is 14.8 Å². The minimum absolute atomic E-state index is 0.198. The fourth-order valence-corrected chi connectivity index (χ4v) is 5.86. The second-order valence-electron chi connectivity index (χ2n) is 8.83. The summed E-state index contributed by atoms with van der Waals surface area (Å²) in [5, 5.41) is 2.51. The predicted molar refractivity (Wildman–Crippen MR) is 127 cm³/mol. The third-order valence-corrected chi connectivity index (χ3v) is 8.11. The molecule has 2 unspecified atom stereocenters. The lowest BCUT2D eigenvalue weighted by Gasteiger charge is -2.23. The first-order valence-corrected chi connectivity index (χ1v) is 13.1. The Balaban J connectivity index is 1.53. The van der Waals surface area contributed by atoms with E-state index in [9.17, 15) is 39.6 Å². The van der Waals surface area contributed by atoms with Gasteiger partial charge in [-0.1, -0.05) is 13.0 Å². The number of carbonyl (C=O) groups excluding carboxylic acids is 1. The number of nitrogens with one attached hydrogen (secondary N) is 1. The summed E-state index contributed by atoms with van der Waals surface area (Å²) in [4.78, 5) is 20.0. The Labute approximate surface area is 219 Å². The Morgan fingerprint density at radius 1 is 1.08 bits per heavy atom. The molecule has 7 nitrogen and oxygen atoms in total. The van der Waals surface area contributed by atoms with Gasteiger partial charge in [-0.2, -0.15) is 17.5 Å². The number of aromatic nitrogens is 2. The molecule has 14 heteroatoms. The summed E-state index contributed by atoms with van der Waals surface area (Å²) in [6, 6.07) is 4.14. The summed E-state index contributed by atoms with van der Waals surface area (Å²) >= 11 is 0. The van der Waals surface area contributed by atoms with Crippen molar-refractivity contribution in [1.82, 2.24) is 19.6 Å². The molecule has 2 aromatic heterocycles. The maximum absolute atomic E-state index is 14.3. The summed E-state index contributed by atoms with van der Waals surface area (Å²) in [5.41, 5.74) is 0.920. The van der Waals surface area contributed by atoms with E-state index < -0.39 is 69.5 Å². The third-order valence-electron chi connectivity index (χ3n) is 6.24. The van der Waals surface area contributed by atoms with Gasteiger partial charge in [0.25, 0.3) is 0 Å². The fourth-order valence-electron chi connectivity index (χ4n) is 4.22. The molecule has 39 heavy (non-hydrogen) atoms. The van der Waals surface area contributed by atoms with E-state index in [1.165, 1.54) is 12.3 Å². The number of pyridine rings is 2. The van der Waals surface area contributed by atoms with Crippen LogP contribution in [0.2, 0.25) is 0 Å². The van der Waals surface area contributed by atoms with Gasteiger partial charge >= 0.3 is 6.18 Å². The molecule has 4 rings (SSSR count). The van der Waals surface area contributed by atoms with Crippen molar-refractivity contribution in [2.45, 2.75) is 49.6 Å². The van der Waals surface area contributed by atoms with Crippen LogP contribution < -0.4 is 5.32 Å². The fraction of sp³-hybridized carbons (Fsp3) is 0.320. The van der Waals surface area contributed by atoms with Gasteiger partial charge in [0.15, 0.2) is 11.6 Å². The lowest BCUT2D eigenvalue weighted by atomic mass is 10.00. The molecule has 1 aromatic carbocycles. The van der Waals surface area contributed by atoms with E-state index in [0.29, 0.717) is 45.2 Å². The average Bonchev–Trinajstić information content (AvgIpc) is 3.31. The van der Waals surface area contributed by atoms with Gasteiger partial charge in [0.05, 0.1) is 17.1 Å². The van der Waals surface area contributed by atoms with Gasteiger partial charge < -0.3 is 5.32 Å². The highest BCUT2D eigenvalue weighted by molar-refractivity contribution is 7.89. The van der Waals surface area contributed by atoms with Crippen molar-refractivity contribution < 1.29 is 39.6 Å². The molecule has 0 bridgehead atoms. The molecular formula is C25H22F6N4O3S. The van der Waals surface area contributed by atoms with Crippen LogP contribution in [0.25, 0.3) is 11.1 Å². The van der Waals surface area contributed by atoms with Crippen LogP contribution in [0.15, 0.2) is 53.7 Å². The number of carbonyl (C=O) groups is 1. The van der Waals surface area contributed by atoms with Gasteiger partial charge in [-0.05, 0) is 47.9 Å². The van der Waals surface area contributed by atoms with Crippen molar-refractivity contribution in [1.29, 1.82) is 0 Å². The van der Waals surface area contributed by atoms with Gasteiger partial charge in [0.2, 0.25) is 15.9 Å². The highest BCUT2D eigenvalue weighted by Gasteiger charge is 2.44. The molecule has 0 radical (unpaired) electrons. The quantitative estimate of drug-likeness (QED) is 0.424. The maximum atomic E-state index is 14.3. The molecule has 0 spiro atoms. The molecule has 0 aliphatic carbocycles. The van der Waals surface area contributed by atoms with Crippen LogP contribution in [-0.2, 0) is 34.0 Å². The number of amides is 1. The maximum Gasteiger partial charge on any atom is 0.433 e. The first-order chi connectivity index (χ1) is 18.3. The Morgan fingerprint density at radius 3 is 2.44 bits per heavy atom. The van der Waals surface area contributed by atoms with Crippen molar-refractivity contribution in [3.63, 3.8) is 0 Å². The zero-order chi connectivity index (χ0) is 28.5. The molecular weight excluding hydrogens is 550 g/mol. The third kappa shape index (κ3) is 6.06. The van der Waals surface area contributed by atoms with E-state index in [1.807, 2.05) is 6.92 Å². The van der Waals surface area contributed by atoms with E-state index in [2.05, 4.69) is 15.3 Å². The number of rotatable bonds is 7. The molecule has 208 valence electrons. The van der Waals surface area contributed by atoms with Crippen molar-refractivity contribution in [2.24, 2.45) is 0 Å². The van der Waals surface area contributed by atoms with Crippen molar-refractivity contribution >= 4 is 15.9 Å². The molecule has 3 heterocycles. The molecule has 1 aliphatic heterocycles. The summed E-state index contributed by atoms with van der Waals surface area (Å²) < 4.78 is 106. The zero-order valence-electron chi connectivity index (χ0n) is 20.3. The highest BCUT2D eigenvalue weighted by Crippen LogP contribution is 2.31. The zero-order valence-corrected chi connectivity index (χ0v) is 21.2. The normalized spacial score (nSPS) is 18.3. The monoisotopic (exact) mass is 572 g/mol. The number of halogens is 6. The molecule has 1 saturated heterocycles. The van der Waals surface area contributed by atoms with Gasteiger partial charge in [-0.15, -0.1) is 0 Å². The number of benzene rings is 1. The number of hydrogen-bond acceptors (Lipinski definition) is 5. The largest absolute Gasteiger partial charge is 0.433 e. The first-order valence-electron chi connectivity index (χ1n) is 11.7. The second-order valence-corrected chi connectivity index (χ2v) is 10.7. The van der Waals surface area contributed by atoms with E-state index >= 15 is 0 Å². The van der Waals surface area contributed by atoms with E-state index in [1.54, 1.807) is 6.07 Å². The number of sulfonamides is 1. The molecule has 3 aromatic rings. The van der Waals surface area contributed by atoms with E-state index in [0.717, 1.165) is 18.3 Å². The Kier molecular flexibility index (Phi) is 7.98. The molecule has 1 N–H and O–H groups in total. The highest BCUT2D eigenvalue weighted by atomic mass is 32.2. The van der Waals surface area contributed by atoms with Crippen molar-refractivity contribution in [3.05, 3.63) is 77.4 Å². The van der Waals surface area contributed by atoms with E-state index in [4.69, 9.17) is 0 Å². The van der Waals surface area contributed by atoms with Crippen molar-refractivity contribution in [3.8, 4) is 11.1 Å². The minimum Gasteiger partial charge on any atom is -0.349 e. The Bertz CT molecular complexity index is 1480. The van der Waals surface area contributed by atoms with Gasteiger partial charge in [0.1, 0.15) is 17.9 Å². The second kappa shape index (κ2) is 10.9. The summed E-state index contributed by atoms with van der Waals surface area (Å²) in [6.45, 7) is 0.985. The van der Waals surface area contributed by atoms with E-state index in [-0.39, 0.29) is 6.54 Å². The van der Waals surface area contributed by atoms with Crippen LogP contribution >= 0.6 is 0 Å². The average molecular weight is 573 g/mol. The molecule has 2 atom stereocenters. The molecule has 1 amide bonds. The number of aryl methyl sites for hydroxylation is 1. The van der Waals surface area contributed by atoms with Gasteiger partial charge in [0, 0.05) is 30.9 Å². The minimum atomic E-state index is -4.59. The van der Waals surface area contributed by atoms with Crippen LogP contribution in [-0.4, -0.2) is 47.4 Å². The topological polar surface area (TPSA) is 92.3 Å².